The molecule has 2 aliphatic rings. The van der Waals surface area contributed by atoms with Crippen molar-refractivity contribution in [1.82, 2.24) is 10.3 Å². The number of hydrogen-bond donors (Lipinski definition) is 2. The van der Waals surface area contributed by atoms with Crippen molar-refractivity contribution in [2.45, 2.75) is 44.7 Å². The van der Waals surface area contributed by atoms with Crippen molar-refractivity contribution in [3.63, 3.8) is 0 Å². The van der Waals surface area contributed by atoms with Gasteiger partial charge in [-0.05, 0) is 55.2 Å². The second-order valence-electron chi connectivity index (χ2n) is 7.98. The Labute approximate surface area is 188 Å². The van der Waals surface area contributed by atoms with E-state index in [1.54, 1.807) is 24.4 Å². The van der Waals surface area contributed by atoms with Crippen LogP contribution in [0.3, 0.4) is 0 Å². The number of carbonyl (C=O) groups is 1. The van der Waals surface area contributed by atoms with Gasteiger partial charge >= 0.3 is 0 Å². The molecule has 0 radical (unpaired) electrons. The van der Waals surface area contributed by atoms with Gasteiger partial charge in [0.25, 0.3) is 0 Å². The third-order valence-corrected chi connectivity index (χ3v) is 6.07. The van der Waals surface area contributed by atoms with Crippen LogP contribution < -0.4 is 15.8 Å². The van der Waals surface area contributed by atoms with Gasteiger partial charge in [-0.3, -0.25) is 4.79 Å². The molecule has 4 rings (SSSR count). The van der Waals surface area contributed by atoms with Gasteiger partial charge in [0.1, 0.15) is 11.6 Å². The fourth-order valence-corrected chi connectivity index (χ4v) is 4.56. The summed E-state index contributed by atoms with van der Waals surface area (Å²) in [5.74, 6) is 1.59. The second kappa shape index (κ2) is 10.9. The largest absolute Gasteiger partial charge is 0.439 e. The number of hydrogen-bond acceptors (Lipinski definition) is 4. The van der Waals surface area contributed by atoms with Crippen molar-refractivity contribution in [3.05, 3.63) is 54.0 Å². The van der Waals surface area contributed by atoms with E-state index in [1.165, 1.54) is 18.6 Å². The molecule has 0 spiro atoms. The van der Waals surface area contributed by atoms with Gasteiger partial charge in [0.05, 0.1) is 0 Å². The zero-order chi connectivity index (χ0) is 19.5. The molecule has 2 fully saturated rings. The molecule has 8 heteroatoms. The number of halogens is 3. The summed E-state index contributed by atoms with van der Waals surface area (Å²) < 4.78 is 18.7. The molecule has 3 N–H and O–H groups in total. The van der Waals surface area contributed by atoms with Gasteiger partial charge < -0.3 is 15.8 Å². The lowest BCUT2D eigenvalue weighted by molar-refractivity contribution is -0.128. The number of nitrogens with two attached hydrogens (primary N) is 1. The molecule has 2 bridgehead atoms. The van der Waals surface area contributed by atoms with Gasteiger partial charge in [0.2, 0.25) is 11.8 Å². The van der Waals surface area contributed by atoms with E-state index in [2.05, 4.69) is 10.3 Å². The molecule has 1 amide bonds. The van der Waals surface area contributed by atoms with Gasteiger partial charge in [-0.15, -0.1) is 24.8 Å². The minimum absolute atomic E-state index is 0. The topological polar surface area (TPSA) is 77.2 Å². The van der Waals surface area contributed by atoms with Crippen LogP contribution in [0.2, 0.25) is 0 Å². The van der Waals surface area contributed by atoms with E-state index < -0.39 is 0 Å². The summed E-state index contributed by atoms with van der Waals surface area (Å²) in [4.78, 5) is 16.9. The molecule has 1 heterocycles. The summed E-state index contributed by atoms with van der Waals surface area (Å²) in [7, 11) is 0. The number of ether oxygens (including phenoxy) is 1. The molecule has 2 atom stereocenters. The molecule has 30 heavy (non-hydrogen) atoms. The van der Waals surface area contributed by atoms with Crippen molar-refractivity contribution in [2.75, 3.05) is 0 Å². The number of fused-ring (bicyclic) bond motifs is 2. The fraction of sp³-hybridized carbons (Fsp3) is 0.455. The summed E-state index contributed by atoms with van der Waals surface area (Å²) in [6, 6.07) is 9.77. The smallest absolute Gasteiger partial charge is 0.223 e. The van der Waals surface area contributed by atoms with Crippen LogP contribution in [0.1, 0.15) is 37.7 Å². The van der Waals surface area contributed by atoms with Crippen molar-refractivity contribution in [2.24, 2.45) is 23.5 Å². The fourth-order valence-electron chi connectivity index (χ4n) is 4.56. The Morgan fingerprint density at radius 1 is 1.17 bits per heavy atom. The normalized spacial score (nSPS) is 24.7. The van der Waals surface area contributed by atoms with Crippen molar-refractivity contribution < 1.29 is 13.9 Å². The van der Waals surface area contributed by atoms with E-state index in [9.17, 15) is 9.18 Å². The van der Waals surface area contributed by atoms with Gasteiger partial charge in [-0.1, -0.05) is 18.6 Å². The molecule has 5 nitrogen and oxygen atoms in total. The highest BCUT2D eigenvalue weighted by molar-refractivity contribution is 5.85. The maximum atomic E-state index is 13.2. The van der Waals surface area contributed by atoms with E-state index >= 15 is 0 Å². The summed E-state index contributed by atoms with van der Waals surface area (Å²) in [5, 5.41) is 3.04. The molecule has 2 unspecified atom stereocenters. The lowest BCUT2D eigenvalue weighted by atomic mass is 9.65. The number of benzene rings is 1. The molecule has 164 valence electrons. The predicted octanol–water partition coefficient (Wildman–Crippen LogP) is 4.63. The number of nitrogens with zero attached hydrogens (tertiary/aromatic N) is 1. The number of rotatable bonds is 5. The monoisotopic (exact) mass is 455 g/mol. The first-order chi connectivity index (χ1) is 13.6. The van der Waals surface area contributed by atoms with Crippen LogP contribution in [0, 0.1) is 23.6 Å². The number of nitrogens with one attached hydrogen (secondary N) is 1. The molecule has 1 aromatic heterocycles. The average molecular weight is 456 g/mol. The van der Waals surface area contributed by atoms with E-state index in [1.807, 2.05) is 6.07 Å². The summed E-state index contributed by atoms with van der Waals surface area (Å²) >= 11 is 0. The number of amides is 1. The minimum Gasteiger partial charge on any atom is -0.439 e. The highest BCUT2D eigenvalue weighted by Gasteiger charge is 2.40. The maximum Gasteiger partial charge on any atom is 0.223 e. The van der Waals surface area contributed by atoms with Crippen LogP contribution in [0.15, 0.2) is 42.6 Å². The Balaban J connectivity index is 0.00000160. The molecular weight excluding hydrogens is 428 g/mol. The second-order valence-corrected chi connectivity index (χ2v) is 7.98. The minimum atomic E-state index is -0.357. The van der Waals surface area contributed by atoms with Gasteiger partial charge in [0.15, 0.2) is 0 Å². The quantitative estimate of drug-likeness (QED) is 0.688. The van der Waals surface area contributed by atoms with Crippen molar-refractivity contribution >= 4 is 30.7 Å². The van der Waals surface area contributed by atoms with Gasteiger partial charge in [-0.2, -0.15) is 0 Å². The Bertz CT molecular complexity index is 823. The molecule has 2 aromatic rings. The number of pyridine rings is 1. The zero-order valence-electron chi connectivity index (χ0n) is 16.6. The highest BCUT2D eigenvalue weighted by Crippen LogP contribution is 2.41. The summed E-state index contributed by atoms with van der Waals surface area (Å²) in [5.41, 5.74) is 7.21. The standard InChI is InChI=1S/C22H26FN3O2.2ClH/c23-18-5-2-6-19(11-18)28-20-8-7-14(12-25-20)13-26-22(27)17-9-15-3-1-4-16(10-17)21(15)24;;/h2,5-8,11-12,15-17,21H,1,3-4,9-10,13,24H2,(H,26,27);2*1H. The third-order valence-electron chi connectivity index (χ3n) is 6.07. The zero-order valence-corrected chi connectivity index (χ0v) is 18.3. The van der Waals surface area contributed by atoms with Gasteiger partial charge in [0, 0.05) is 36.8 Å². The molecule has 2 aliphatic carbocycles. The highest BCUT2D eigenvalue weighted by atomic mass is 35.5. The first-order valence-electron chi connectivity index (χ1n) is 10.00. The van der Waals surface area contributed by atoms with E-state index in [0.717, 1.165) is 31.2 Å². The van der Waals surface area contributed by atoms with Crippen LogP contribution in [0.25, 0.3) is 0 Å². The first-order valence-corrected chi connectivity index (χ1v) is 10.00. The lowest BCUT2D eigenvalue weighted by Crippen LogP contribution is -2.49. The third kappa shape index (κ3) is 5.84. The van der Waals surface area contributed by atoms with Crippen molar-refractivity contribution in [3.8, 4) is 11.6 Å². The Hall–Kier alpha value is -1.89. The van der Waals surface area contributed by atoms with Crippen molar-refractivity contribution in [1.29, 1.82) is 0 Å². The number of aromatic nitrogens is 1. The molecular formula is C22H28Cl2FN3O2. The average Bonchev–Trinajstić information content (AvgIpc) is 2.67. The van der Waals surface area contributed by atoms with Gasteiger partial charge in [-0.25, -0.2) is 9.37 Å². The van der Waals surface area contributed by atoms with Crippen LogP contribution in [-0.2, 0) is 11.3 Å². The van der Waals surface area contributed by atoms with Crippen LogP contribution in [0.5, 0.6) is 11.6 Å². The Morgan fingerprint density at radius 2 is 1.90 bits per heavy atom. The van der Waals surface area contributed by atoms with Crippen LogP contribution in [-0.4, -0.2) is 16.9 Å². The van der Waals surface area contributed by atoms with Crippen LogP contribution >= 0.6 is 24.8 Å². The van der Waals surface area contributed by atoms with E-state index in [0.29, 0.717) is 30.0 Å². The predicted molar refractivity (Wildman–Crippen MR) is 119 cm³/mol. The summed E-state index contributed by atoms with van der Waals surface area (Å²) in [6.45, 7) is 0.434. The molecule has 0 aliphatic heterocycles. The molecule has 0 saturated heterocycles. The van der Waals surface area contributed by atoms with E-state index in [4.69, 9.17) is 10.5 Å². The molecule has 1 aromatic carbocycles. The Morgan fingerprint density at radius 3 is 2.53 bits per heavy atom. The molecule has 2 saturated carbocycles. The summed E-state index contributed by atoms with van der Waals surface area (Å²) in [6.07, 6.45) is 7.02. The number of carbonyl (C=O) groups excluding carboxylic acids is 1. The Kier molecular flexibility index (Phi) is 8.89. The SMILES string of the molecule is Cl.Cl.NC1C2CCCC1CC(C(=O)NCc1ccc(Oc3cccc(F)c3)nc1)C2. The first kappa shape index (κ1) is 24.4. The van der Waals surface area contributed by atoms with Crippen LogP contribution in [0.4, 0.5) is 4.39 Å². The maximum absolute atomic E-state index is 13.2. The lowest BCUT2D eigenvalue weighted by Gasteiger charge is -2.43. The van der Waals surface area contributed by atoms with E-state index in [-0.39, 0.29) is 48.5 Å².